The monoisotopic (exact) mass is 284 g/mol. The fourth-order valence-electron chi connectivity index (χ4n) is 2.09. The third-order valence-corrected chi connectivity index (χ3v) is 3.56. The second-order valence-electron chi connectivity index (χ2n) is 4.43. The smallest absolute Gasteiger partial charge is 0.222 e. The summed E-state index contributed by atoms with van der Waals surface area (Å²) in [5, 5.41) is 4.45. The van der Waals surface area contributed by atoms with E-state index < -0.39 is 0 Å². The van der Waals surface area contributed by atoms with Crippen LogP contribution in [-0.2, 0) is 0 Å². The molecule has 0 aliphatic heterocycles. The topological polar surface area (TPSA) is 63.8 Å². The lowest BCUT2D eigenvalue weighted by atomic mass is 10.0. The number of rotatable bonds is 2. The van der Waals surface area contributed by atoms with E-state index in [9.17, 15) is 0 Å². The summed E-state index contributed by atoms with van der Waals surface area (Å²) in [5.74, 6) is 0.604. The number of benzene rings is 2. The maximum atomic E-state index is 6.26. The molecule has 2 aromatic carbocycles. The first-order chi connectivity index (χ1) is 9.69. The normalized spacial score (nSPS) is 10.7. The summed E-state index contributed by atoms with van der Waals surface area (Å²) >= 11 is 6.26. The Bertz CT molecular complexity index is 786. The summed E-state index contributed by atoms with van der Waals surface area (Å²) in [6.07, 6.45) is 1.79. The number of hydrogen-bond acceptors (Lipinski definition) is 4. The lowest BCUT2D eigenvalue weighted by molar-refractivity contribution is 1.19. The van der Waals surface area contributed by atoms with Crippen LogP contribution in [0, 0.1) is 0 Å². The molecule has 0 saturated carbocycles. The summed E-state index contributed by atoms with van der Waals surface area (Å²) in [4.78, 5) is 8.61. The molecule has 0 fully saturated rings. The van der Waals surface area contributed by atoms with E-state index in [2.05, 4.69) is 15.3 Å². The third kappa shape index (κ3) is 2.14. The lowest BCUT2D eigenvalue weighted by Gasteiger charge is -2.08. The molecule has 0 saturated heterocycles. The number of nitrogen functional groups attached to an aromatic ring is 1. The molecular weight excluding hydrogens is 272 g/mol. The molecule has 0 amide bonds. The van der Waals surface area contributed by atoms with Crippen molar-refractivity contribution >= 4 is 34.1 Å². The lowest BCUT2D eigenvalue weighted by Crippen LogP contribution is -1.95. The van der Waals surface area contributed by atoms with E-state index in [1.54, 1.807) is 19.3 Å². The zero-order valence-electron chi connectivity index (χ0n) is 10.9. The van der Waals surface area contributed by atoms with Gasteiger partial charge in [0.15, 0.2) is 0 Å². The summed E-state index contributed by atoms with van der Waals surface area (Å²) in [7, 11) is 1.79. The minimum absolute atomic E-state index is 0.569. The molecule has 0 unspecified atom stereocenters. The summed E-state index contributed by atoms with van der Waals surface area (Å²) in [6, 6.07) is 11.6. The van der Waals surface area contributed by atoms with Crippen molar-refractivity contribution in [2.24, 2.45) is 0 Å². The fraction of sp³-hybridized carbons (Fsp3) is 0.0667. The molecule has 3 aromatic rings. The highest BCUT2D eigenvalue weighted by atomic mass is 35.5. The Kier molecular flexibility index (Phi) is 3.16. The summed E-state index contributed by atoms with van der Waals surface area (Å²) < 4.78 is 0. The van der Waals surface area contributed by atoms with Crippen molar-refractivity contribution in [1.82, 2.24) is 9.97 Å². The van der Waals surface area contributed by atoms with Crippen molar-refractivity contribution < 1.29 is 0 Å². The number of aromatic nitrogens is 2. The van der Waals surface area contributed by atoms with Crippen molar-refractivity contribution in [1.29, 1.82) is 0 Å². The number of fused-ring (bicyclic) bond motifs is 1. The first kappa shape index (κ1) is 12.7. The van der Waals surface area contributed by atoms with Crippen molar-refractivity contribution in [3.05, 3.63) is 47.6 Å². The van der Waals surface area contributed by atoms with Crippen LogP contribution in [0.3, 0.4) is 0 Å². The zero-order chi connectivity index (χ0) is 14.1. The molecule has 0 bridgehead atoms. The van der Waals surface area contributed by atoms with Crippen LogP contribution in [0.2, 0.25) is 5.02 Å². The van der Waals surface area contributed by atoms with E-state index in [1.165, 1.54) is 0 Å². The van der Waals surface area contributed by atoms with Gasteiger partial charge in [0.05, 0.1) is 16.2 Å². The molecule has 0 spiro atoms. The first-order valence-corrected chi connectivity index (χ1v) is 6.56. The molecule has 20 heavy (non-hydrogen) atoms. The molecular formula is C15H13ClN4. The van der Waals surface area contributed by atoms with E-state index in [1.807, 2.05) is 30.3 Å². The van der Waals surface area contributed by atoms with Gasteiger partial charge in [-0.25, -0.2) is 9.97 Å². The molecule has 0 atom stereocenters. The number of nitrogens with zero attached hydrogens (tertiary/aromatic N) is 2. The van der Waals surface area contributed by atoms with Crippen LogP contribution < -0.4 is 11.1 Å². The van der Waals surface area contributed by atoms with Crippen molar-refractivity contribution in [3.8, 4) is 11.1 Å². The Morgan fingerprint density at radius 1 is 1.20 bits per heavy atom. The Balaban J connectivity index is 2.16. The SMILES string of the molecule is CNc1ncc2cc(-c3cccc(N)c3Cl)ccc2n1. The molecule has 1 heterocycles. The largest absolute Gasteiger partial charge is 0.398 e. The average Bonchev–Trinajstić information content (AvgIpc) is 2.49. The molecule has 3 N–H and O–H groups in total. The van der Waals surface area contributed by atoms with Crippen molar-refractivity contribution in [2.45, 2.75) is 0 Å². The standard InChI is InChI=1S/C15H13ClN4/c1-18-15-19-8-10-7-9(5-6-13(10)20-15)11-3-2-4-12(17)14(11)16/h2-8H,17H2,1H3,(H,18,19,20). The molecule has 0 radical (unpaired) electrons. The van der Waals surface area contributed by atoms with E-state index in [0.717, 1.165) is 22.0 Å². The molecule has 3 rings (SSSR count). The van der Waals surface area contributed by atoms with Crippen LogP contribution in [-0.4, -0.2) is 17.0 Å². The Morgan fingerprint density at radius 3 is 2.85 bits per heavy atom. The maximum Gasteiger partial charge on any atom is 0.222 e. The van der Waals surface area contributed by atoms with Crippen LogP contribution in [0.5, 0.6) is 0 Å². The predicted molar refractivity (Wildman–Crippen MR) is 83.9 cm³/mol. The molecule has 100 valence electrons. The van der Waals surface area contributed by atoms with Gasteiger partial charge in [0.25, 0.3) is 0 Å². The van der Waals surface area contributed by atoms with Crippen LogP contribution in [0.1, 0.15) is 0 Å². The average molecular weight is 285 g/mol. The summed E-state index contributed by atoms with van der Waals surface area (Å²) in [6.45, 7) is 0. The van der Waals surface area contributed by atoms with Crippen molar-refractivity contribution in [2.75, 3.05) is 18.1 Å². The number of halogens is 1. The van der Waals surface area contributed by atoms with E-state index in [-0.39, 0.29) is 0 Å². The maximum absolute atomic E-state index is 6.26. The second-order valence-corrected chi connectivity index (χ2v) is 4.80. The Morgan fingerprint density at radius 2 is 2.05 bits per heavy atom. The Labute approximate surface area is 121 Å². The first-order valence-electron chi connectivity index (χ1n) is 6.18. The highest BCUT2D eigenvalue weighted by molar-refractivity contribution is 6.35. The van der Waals surface area contributed by atoms with Gasteiger partial charge < -0.3 is 11.1 Å². The molecule has 0 aliphatic rings. The van der Waals surface area contributed by atoms with Gasteiger partial charge in [0, 0.05) is 24.2 Å². The Hall–Kier alpha value is -2.33. The number of nitrogens with one attached hydrogen (secondary N) is 1. The summed E-state index contributed by atoms with van der Waals surface area (Å²) in [5.41, 5.74) is 9.21. The van der Waals surface area contributed by atoms with Crippen molar-refractivity contribution in [3.63, 3.8) is 0 Å². The minimum Gasteiger partial charge on any atom is -0.398 e. The highest BCUT2D eigenvalue weighted by Gasteiger charge is 2.07. The van der Waals surface area contributed by atoms with Gasteiger partial charge in [-0.05, 0) is 23.8 Å². The highest BCUT2D eigenvalue weighted by Crippen LogP contribution is 2.33. The van der Waals surface area contributed by atoms with Gasteiger partial charge in [0.1, 0.15) is 0 Å². The van der Waals surface area contributed by atoms with Gasteiger partial charge in [-0.15, -0.1) is 0 Å². The van der Waals surface area contributed by atoms with Crippen LogP contribution >= 0.6 is 11.6 Å². The van der Waals surface area contributed by atoms with Gasteiger partial charge in [-0.3, -0.25) is 0 Å². The zero-order valence-corrected chi connectivity index (χ0v) is 11.6. The number of hydrogen-bond donors (Lipinski definition) is 2. The minimum atomic E-state index is 0.569. The number of nitrogens with two attached hydrogens (primary N) is 1. The molecule has 0 aliphatic carbocycles. The van der Waals surface area contributed by atoms with Gasteiger partial charge >= 0.3 is 0 Å². The molecule has 5 heteroatoms. The van der Waals surface area contributed by atoms with E-state index in [0.29, 0.717) is 16.7 Å². The molecule has 1 aromatic heterocycles. The third-order valence-electron chi connectivity index (χ3n) is 3.14. The van der Waals surface area contributed by atoms with Gasteiger partial charge in [-0.1, -0.05) is 29.8 Å². The second kappa shape index (κ2) is 4.98. The van der Waals surface area contributed by atoms with E-state index >= 15 is 0 Å². The van der Waals surface area contributed by atoms with E-state index in [4.69, 9.17) is 17.3 Å². The van der Waals surface area contributed by atoms with Crippen LogP contribution in [0.15, 0.2) is 42.6 Å². The predicted octanol–water partition coefficient (Wildman–Crippen LogP) is 3.57. The van der Waals surface area contributed by atoms with Gasteiger partial charge in [-0.2, -0.15) is 0 Å². The van der Waals surface area contributed by atoms with Crippen LogP contribution in [0.4, 0.5) is 11.6 Å². The van der Waals surface area contributed by atoms with Crippen LogP contribution in [0.25, 0.3) is 22.0 Å². The number of anilines is 2. The quantitative estimate of drug-likeness (QED) is 0.706. The van der Waals surface area contributed by atoms with Gasteiger partial charge in [0.2, 0.25) is 5.95 Å². The molecule has 4 nitrogen and oxygen atoms in total. The fourth-order valence-corrected chi connectivity index (χ4v) is 2.33.